The van der Waals surface area contributed by atoms with E-state index in [4.69, 9.17) is 10.5 Å². The van der Waals surface area contributed by atoms with Crippen molar-refractivity contribution in [3.05, 3.63) is 18.2 Å². The lowest BCUT2D eigenvalue weighted by atomic mass is 10.1. The molecule has 1 aromatic rings. The molecule has 1 unspecified atom stereocenters. The van der Waals surface area contributed by atoms with Crippen molar-refractivity contribution in [1.82, 2.24) is 4.90 Å². The second-order valence-electron chi connectivity index (χ2n) is 5.70. The summed E-state index contributed by atoms with van der Waals surface area (Å²) in [5, 5.41) is 0. The topological polar surface area (TPSA) is 41.7 Å². The Morgan fingerprint density at radius 3 is 2.63 bits per heavy atom. The maximum atomic E-state index is 5.99. The van der Waals surface area contributed by atoms with Gasteiger partial charge in [-0.25, -0.2) is 0 Å². The van der Waals surface area contributed by atoms with Crippen LogP contribution in [0.5, 0.6) is 5.75 Å². The Balaban J connectivity index is 2.17. The van der Waals surface area contributed by atoms with Crippen molar-refractivity contribution in [1.29, 1.82) is 0 Å². The minimum absolute atomic E-state index is 0.168. The fourth-order valence-corrected chi connectivity index (χ4v) is 2.41. The molecule has 1 aliphatic heterocycles. The van der Waals surface area contributed by atoms with Crippen LogP contribution in [-0.2, 0) is 0 Å². The van der Waals surface area contributed by atoms with Gasteiger partial charge in [-0.2, -0.15) is 0 Å². The number of piperazine rings is 1. The molecule has 0 aliphatic carbocycles. The van der Waals surface area contributed by atoms with E-state index in [0.29, 0.717) is 6.04 Å². The molecule has 2 rings (SSSR count). The standard InChI is InChI=1S/C15H25N3O/c1-11(2)19-15-8-13(16)7-14(9-15)18-6-5-17(4)12(3)10-18/h7-9,11-12H,5-6,10,16H2,1-4H3. The number of hydrogen-bond acceptors (Lipinski definition) is 4. The first-order valence-corrected chi connectivity index (χ1v) is 6.98. The summed E-state index contributed by atoms with van der Waals surface area (Å²) in [4.78, 5) is 4.77. The van der Waals surface area contributed by atoms with Crippen LogP contribution in [0.25, 0.3) is 0 Å². The van der Waals surface area contributed by atoms with Crippen molar-refractivity contribution in [3.63, 3.8) is 0 Å². The quantitative estimate of drug-likeness (QED) is 0.849. The molecule has 0 saturated carbocycles. The molecule has 0 radical (unpaired) electrons. The Labute approximate surface area is 116 Å². The molecule has 4 heteroatoms. The van der Waals surface area contributed by atoms with Crippen LogP contribution in [0.15, 0.2) is 18.2 Å². The molecule has 106 valence electrons. The summed E-state index contributed by atoms with van der Waals surface area (Å²) in [6, 6.07) is 6.58. The summed E-state index contributed by atoms with van der Waals surface area (Å²) >= 11 is 0. The van der Waals surface area contributed by atoms with Gasteiger partial charge in [-0.15, -0.1) is 0 Å². The second-order valence-corrected chi connectivity index (χ2v) is 5.70. The Kier molecular flexibility index (Phi) is 4.20. The van der Waals surface area contributed by atoms with Crippen molar-refractivity contribution in [2.75, 3.05) is 37.3 Å². The van der Waals surface area contributed by atoms with Crippen molar-refractivity contribution in [3.8, 4) is 5.75 Å². The summed E-state index contributed by atoms with van der Waals surface area (Å²) in [5.74, 6) is 0.858. The van der Waals surface area contributed by atoms with E-state index in [1.165, 1.54) is 0 Å². The van der Waals surface area contributed by atoms with Crippen LogP contribution in [-0.4, -0.2) is 43.7 Å². The lowest BCUT2D eigenvalue weighted by Gasteiger charge is -2.39. The third-order valence-corrected chi connectivity index (χ3v) is 3.61. The number of benzene rings is 1. The van der Waals surface area contributed by atoms with E-state index in [2.05, 4.69) is 29.8 Å². The summed E-state index contributed by atoms with van der Waals surface area (Å²) in [6.45, 7) is 9.45. The zero-order valence-corrected chi connectivity index (χ0v) is 12.4. The van der Waals surface area contributed by atoms with E-state index < -0.39 is 0 Å². The summed E-state index contributed by atoms with van der Waals surface area (Å²) in [6.07, 6.45) is 0.168. The zero-order valence-electron chi connectivity index (χ0n) is 12.4. The predicted octanol–water partition coefficient (Wildman–Crippen LogP) is 2.20. The van der Waals surface area contributed by atoms with Crippen molar-refractivity contribution in [2.45, 2.75) is 32.9 Å². The van der Waals surface area contributed by atoms with Crippen LogP contribution >= 0.6 is 0 Å². The molecule has 0 spiro atoms. The highest BCUT2D eigenvalue weighted by molar-refractivity contribution is 5.61. The number of ether oxygens (including phenoxy) is 1. The fourth-order valence-electron chi connectivity index (χ4n) is 2.41. The highest BCUT2D eigenvalue weighted by Gasteiger charge is 2.21. The van der Waals surface area contributed by atoms with E-state index in [1.54, 1.807) is 0 Å². The van der Waals surface area contributed by atoms with Gasteiger partial charge in [-0.05, 0) is 33.9 Å². The van der Waals surface area contributed by atoms with Gasteiger partial charge in [0.1, 0.15) is 5.75 Å². The first-order chi connectivity index (χ1) is 8.95. The third-order valence-electron chi connectivity index (χ3n) is 3.61. The Morgan fingerprint density at radius 2 is 2.00 bits per heavy atom. The predicted molar refractivity (Wildman–Crippen MR) is 80.9 cm³/mol. The van der Waals surface area contributed by atoms with E-state index in [9.17, 15) is 0 Å². The van der Waals surface area contributed by atoms with Gasteiger partial charge in [0.05, 0.1) is 6.10 Å². The van der Waals surface area contributed by atoms with E-state index in [1.807, 2.05) is 26.0 Å². The van der Waals surface area contributed by atoms with Gasteiger partial charge in [0.2, 0.25) is 0 Å². The highest BCUT2D eigenvalue weighted by atomic mass is 16.5. The molecule has 0 bridgehead atoms. The summed E-state index contributed by atoms with van der Waals surface area (Å²) in [7, 11) is 2.18. The van der Waals surface area contributed by atoms with E-state index in [0.717, 1.165) is 36.8 Å². The molecule has 2 N–H and O–H groups in total. The van der Waals surface area contributed by atoms with Crippen LogP contribution in [0.2, 0.25) is 0 Å². The van der Waals surface area contributed by atoms with Crippen LogP contribution in [0.4, 0.5) is 11.4 Å². The lowest BCUT2D eigenvalue weighted by molar-refractivity contribution is 0.233. The maximum Gasteiger partial charge on any atom is 0.123 e. The second kappa shape index (κ2) is 5.70. The number of anilines is 2. The molecular formula is C15H25N3O. The molecule has 4 nitrogen and oxygen atoms in total. The van der Waals surface area contributed by atoms with E-state index in [-0.39, 0.29) is 6.10 Å². The minimum atomic E-state index is 0.168. The molecule has 1 saturated heterocycles. The van der Waals surface area contributed by atoms with Gasteiger partial charge >= 0.3 is 0 Å². The Bertz CT molecular complexity index is 433. The van der Waals surface area contributed by atoms with Crippen LogP contribution < -0.4 is 15.4 Å². The van der Waals surface area contributed by atoms with Crippen LogP contribution in [0.1, 0.15) is 20.8 Å². The molecule has 1 atom stereocenters. The van der Waals surface area contributed by atoms with E-state index >= 15 is 0 Å². The smallest absolute Gasteiger partial charge is 0.123 e. The Hall–Kier alpha value is -1.42. The van der Waals surface area contributed by atoms with Crippen LogP contribution in [0, 0.1) is 0 Å². The van der Waals surface area contributed by atoms with Gasteiger partial charge in [0, 0.05) is 49.2 Å². The van der Waals surface area contributed by atoms with Gasteiger partial charge in [-0.1, -0.05) is 0 Å². The van der Waals surface area contributed by atoms with Crippen molar-refractivity contribution < 1.29 is 4.74 Å². The van der Waals surface area contributed by atoms with Crippen LogP contribution in [0.3, 0.4) is 0 Å². The molecule has 1 aromatic carbocycles. The first kappa shape index (κ1) is 14.0. The minimum Gasteiger partial charge on any atom is -0.491 e. The SMILES string of the molecule is CC(C)Oc1cc(N)cc(N2CCN(C)C(C)C2)c1. The number of nitrogen functional groups attached to an aromatic ring is 1. The number of hydrogen-bond donors (Lipinski definition) is 1. The highest BCUT2D eigenvalue weighted by Crippen LogP contribution is 2.27. The third kappa shape index (κ3) is 3.53. The summed E-state index contributed by atoms with van der Waals surface area (Å²) < 4.78 is 5.76. The molecule has 1 fully saturated rings. The van der Waals surface area contributed by atoms with Crippen molar-refractivity contribution >= 4 is 11.4 Å². The van der Waals surface area contributed by atoms with Gasteiger partial charge in [0.25, 0.3) is 0 Å². The number of nitrogens with two attached hydrogens (primary N) is 1. The molecular weight excluding hydrogens is 238 g/mol. The molecule has 0 aromatic heterocycles. The summed E-state index contributed by atoms with van der Waals surface area (Å²) in [5.41, 5.74) is 7.91. The average molecular weight is 263 g/mol. The number of nitrogens with zero attached hydrogens (tertiary/aromatic N) is 2. The lowest BCUT2D eigenvalue weighted by Crippen LogP contribution is -2.50. The largest absolute Gasteiger partial charge is 0.491 e. The van der Waals surface area contributed by atoms with Gasteiger partial charge in [0.15, 0.2) is 0 Å². The zero-order chi connectivity index (χ0) is 14.0. The number of rotatable bonds is 3. The van der Waals surface area contributed by atoms with Crippen molar-refractivity contribution in [2.24, 2.45) is 0 Å². The molecule has 19 heavy (non-hydrogen) atoms. The Morgan fingerprint density at radius 1 is 1.26 bits per heavy atom. The molecule has 1 heterocycles. The monoisotopic (exact) mass is 263 g/mol. The van der Waals surface area contributed by atoms with Gasteiger partial charge < -0.3 is 20.3 Å². The fraction of sp³-hybridized carbons (Fsp3) is 0.600. The number of likely N-dealkylation sites (N-methyl/N-ethyl adjacent to an activating group) is 1. The average Bonchev–Trinajstić information content (AvgIpc) is 2.31. The first-order valence-electron chi connectivity index (χ1n) is 6.98. The normalized spacial score (nSPS) is 20.9. The molecule has 1 aliphatic rings. The molecule has 0 amide bonds. The maximum absolute atomic E-state index is 5.99. The van der Waals surface area contributed by atoms with Gasteiger partial charge in [-0.3, -0.25) is 0 Å².